The molecular weight excluding hydrogens is 298 g/mol. The number of rotatable bonds is 5. The second-order valence-electron chi connectivity index (χ2n) is 6.76. The standard InChI is InChI=1S/C21H25NO2/c1-16(21(24)19-7-9-20(23)10-8-19)22-13-11-18(12-14-22)15-17-5-3-2-4-6-17/h2-10,16,18,23H,11-15H2,1H3/t16-/m0/s1. The quantitative estimate of drug-likeness (QED) is 0.848. The van der Waals surface area contributed by atoms with Crippen molar-refractivity contribution in [1.82, 2.24) is 4.90 Å². The number of hydrogen-bond acceptors (Lipinski definition) is 3. The fourth-order valence-corrected chi connectivity index (χ4v) is 3.52. The molecule has 1 atom stereocenters. The van der Waals surface area contributed by atoms with Crippen LogP contribution in [0.2, 0.25) is 0 Å². The number of phenols is 1. The summed E-state index contributed by atoms with van der Waals surface area (Å²) in [6.45, 7) is 3.94. The van der Waals surface area contributed by atoms with Crippen LogP contribution in [0, 0.1) is 5.92 Å². The normalized spacial score (nSPS) is 17.5. The minimum absolute atomic E-state index is 0.104. The number of Topliss-reactive ketones (excluding diaryl/α,β-unsaturated/α-hetero) is 1. The topological polar surface area (TPSA) is 40.5 Å². The average Bonchev–Trinajstić information content (AvgIpc) is 2.63. The molecule has 126 valence electrons. The van der Waals surface area contributed by atoms with Crippen molar-refractivity contribution in [3.63, 3.8) is 0 Å². The number of aromatic hydroxyl groups is 1. The van der Waals surface area contributed by atoms with Gasteiger partial charge in [0.2, 0.25) is 0 Å². The third kappa shape index (κ3) is 4.04. The first-order valence-corrected chi connectivity index (χ1v) is 8.74. The molecule has 1 aliphatic rings. The highest BCUT2D eigenvalue weighted by Gasteiger charge is 2.27. The van der Waals surface area contributed by atoms with Crippen molar-refractivity contribution in [3.05, 3.63) is 65.7 Å². The van der Waals surface area contributed by atoms with Gasteiger partial charge in [-0.05, 0) is 75.0 Å². The predicted octanol–water partition coefficient (Wildman–Crippen LogP) is 3.92. The van der Waals surface area contributed by atoms with Gasteiger partial charge in [0, 0.05) is 5.56 Å². The van der Waals surface area contributed by atoms with Crippen molar-refractivity contribution in [2.75, 3.05) is 13.1 Å². The molecule has 2 aromatic carbocycles. The van der Waals surface area contributed by atoms with E-state index in [1.165, 1.54) is 5.56 Å². The fourth-order valence-electron chi connectivity index (χ4n) is 3.52. The first kappa shape index (κ1) is 16.7. The van der Waals surface area contributed by atoms with E-state index in [0.717, 1.165) is 32.4 Å². The summed E-state index contributed by atoms with van der Waals surface area (Å²) in [6.07, 6.45) is 3.42. The summed E-state index contributed by atoms with van der Waals surface area (Å²) in [7, 11) is 0. The Morgan fingerprint density at radius 3 is 2.33 bits per heavy atom. The molecule has 0 unspecified atom stereocenters. The summed E-state index contributed by atoms with van der Waals surface area (Å²) in [4.78, 5) is 14.9. The molecule has 0 saturated carbocycles. The maximum atomic E-state index is 12.6. The number of piperidine rings is 1. The van der Waals surface area contributed by atoms with Gasteiger partial charge < -0.3 is 5.11 Å². The Kier molecular flexibility index (Phi) is 5.31. The third-order valence-corrected chi connectivity index (χ3v) is 5.10. The smallest absolute Gasteiger partial charge is 0.179 e. The van der Waals surface area contributed by atoms with Crippen LogP contribution in [0.5, 0.6) is 5.75 Å². The summed E-state index contributed by atoms with van der Waals surface area (Å²) in [5.41, 5.74) is 2.08. The van der Waals surface area contributed by atoms with E-state index in [-0.39, 0.29) is 17.6 Å². The molecule has 3 rings (SSSR count). The second kappa shape index (κ2) is 7.63. The largest absolute Gasteiger partial charge is 0.508 e. The van der Waals surface area contributed by atoms with E-state index in [9.17, 15) is 9.90 Å². The van der Waals surface area contributed by atoms with Crippen LogP contribution < -0.4 is 0 Å². The van der Waals surface area contributed by atoms with E-state index in [4.69, 9.17) is 0 Å². The van der Waals surface area contributed by atoms with E-state index in [1.807, 2.05) is 6.92 Å². The van der Waals surface area contributed by atoms with Crippen LogP contribution >= 0.6 is 0 Å². The average molecular weight is 323 g/mol. The molecule has 2 aromatic rings. The van der Waals surface area contributed by atoms with Gasteiger partial charge in [-0.2, -0.15) is 0 Å². The van der Waals surface area contributed by atoms with Crippen molar-refractivity contribution in [2.24, 2.45) is 5.92 Å². The highest BCUT2D eigenvalue weighted by atomic mass is 16.3. The number of carbonyl (C=O) groups excluding carboxylic acids is 1. The van der Waals surface area contributed by atoms with Crippen LogP contribution in [-0.4, -0.2) is 34.9 Å². The summed E-state index contributed by atoms with van der Waals surface area (Å²) in [6, 6.07) is 17.1. The van der Waals surface area contributed by atoms with Crippen LogP contribution in [0.1, 0.15) is 35.7 Å². The van der Waals surface area contributed by atoms with E-state index in [0.29, 0.717) is 11.5 Å². The maximum Gasteiger partial charge on any atom is 0.179 e. The molecule has 0 spiro atoms. The Bertz CT molecular complexity index is 658. The van der Waals surface area contributed by atoms with Gasteiger partial charge in [-0.1, -0.05) is 30.3 Å². The second-order valence-corrected chi connectivity index (χ2v) is 6.76. The Morgan fingerprint density at radius 2 is 1.71 bits per heavy atom. The Morgan fingerprint density at radius 1 is 1.08 bits per heavy atom. The molecule has 1 fully saturated rings. The number of ketones is 1. The lowest BCUT2D eigenvalue weighted by molar-refractivity contribution is 0.0771. The van der Waals surface area contributed by atoms with Gasteiger partial charge in [0.05, 0.1) is 6.04 Å². The maximum absolute atomic E-state index is 12.6. The zero-order valence-electron chi connectivity index (χ0n) is 14.2. The first-order valence-electron chi connectivity index (χ1n) is 8.74. The zero-order valence-corrected chi connectivity index (χ0v) is 14.2. The molecule has 1 heterocycles. The fraction of sp³-hybridized carbons (Fsp3) is 0.381. The van der Waals surface area contributed by atoms with Crippen molar-refractivity contribution < 1.29 is 9.90 Å². The van der Waals surface area contributed by atoms with Crippen LogP contribution in [0.25, 0.3) is 0 Å². The molecule has 1 saturated heterocycles. The van der Waals surface area contributed by atoms with Crippen LogP contribution in [0.3, 0.4) is 0 Å². The predicted molar refractivity (Wildman–Crippen MR) is 96.3 cm³/mol. The van der Waals surface area contributed by atoms with Crippen LogP contribution in [-0.2, 0) is 6.42 Å². The number of likely N-dealkylation sites (tertiary alicyclic amines) is 1. The highest BCUT2D eigenvalue weighted by molar-refractivity contribution is 5.99. The van der Waals surface area contributed by atoms with Crippen molar-refractivity contribution in [1.29, 1.82) is 0 Å². The summed E-state index contributed by atoms with van der Waals surface area (Å²) < 4.78 is 0. The summed E-state index contributed by atoms with van der Waals surface area (Å²) in [5, 5.41) is 9.35. The summed E-state index contributed by atoms with van der Waals surface area (Å²) >= 11 is 0. The molecular formula is C21H25NO2. The molecule has 0 bridgehead atoms. The van der Waals surface area contributed by atoms with Gasteiger partial charge in [-0.25, -0.2) is 0 Å². The molecule has 0 radical (unpaired) electrons. The number of carbonyl (C=O) groups is 1. The lowest BCUT2D eigenvalue weighted by Crippen LogP contribution is -2.44. The van der Waals surface area contributed by atoms with E-state index >= 15 is 0 Å². The molecule has 24 heavy (non-hydrogen) atoms. The molecule has 0 aliphatic carbocycles. The van der Waals surface area contributed by atoms with Crippen molar-refractivity contribution in [3.8, 4) is 5.75 Å². The van der Waals surface area contributed by atoms with Crippen molar-refractivity contribution >= 4 is 5.78 Å². The molecule has 1 aliphatic heterocycles. The molecule has 3 heteroatoms. The van der Waals surface area contributed by atoms with Crippen molar-refractivity contribution in [2.45, 2.75) is 32.2 Å². The number of phenolic OH excluding ortho intramolecular Hbond substituents is 1. The minimum atomic E-state index is -0.104. The Labute approximate surface area is 143 Å². The van der Waals surface area contributed by atoms with Crippen LogP contribution in [0.15, 0.2) is 54.6 Å². The van der Waals surface area contributed by atoms with Gasteiger partial charge >= 0.3 is 0 Å². The van der Waals surface area contributed by atoms with Gasteiger partial charge in [-0.15, -0.1) is 0 Å². The number of hydrogen-bond donors (Lipinski definition) is 1. The Hall–Kier alpha value is -2.13. The van der Waals surface area contributed by atoms with Gasteiger partial charge in [0.15, 0.2) is 5.78 Å². The van der Waals surface area contributed by atoms with Gasteiger partial charge in [0.1, 0.15) is 5.75 Å². The lowest BCUT2D eigenvalue weighted by atomic mass is 9.89. The minimum Gasteiger partial charge on any atom is -0.508 e. The molecule has 3 nitrogen and oxygen atoms in total. The Balaban J connectivity index is 1.54. The summed E-state index contributed by atoms with van der Waals surface area (Å²) in [5.74, 6) is 1.04. The van der Waals surface area contributed by atoms with E-state index in [1.54, 1.807) is 24.3 Å². The van der Waals surface area contributed by atoms with Gasteiger partial charge in [0.25, 0.3) is 0 Å². The lowest BCUT2D eigenvalue weighted by Gasteiger charge is -2.35. The number of benzene rings is 2. The highest BCUT2D eigenvalue weighted by Crippen LogP contribution is 2.24. The first-order chi connectivity index (χ1) is 11.6. The molecule has 0 amide bonds. The SMILES string of the molecule is C[C@@H](C(=O)c1ccc(O)cc1)N1CCC(Cc2ccccc2)CC1. The van der Waals surface area contributed by atoms with E-state index in [2.05, 4.69) is 35.2 Å². The molecule has 1 N–H and O–H groups in total. The third-order valence-electron chi connectivity index (χ3n) is 5.10. The monoisotopic (exact) mass is 323 g/mol. The van der Waals surface area contributed by atoms with Gasteiger partial charge in [-0.3, -0.25) is 9.69 Å². The van der Waals surface area contributed by atoms with Crippen LogP contribution in [0.4, 0.5) is 0 Å². The molecule has 0 aromatic heterocycles. The zero-order chi connectivity index (χ0) is 16.9. The van der Waals surface area contributed by atoms with E-state index < -0.39 is 0 Å². The number of nitrogens with zero attached hydrogens (tertiary/aromatic N) is 1.